The average Bonchev–Trinajstić information content (AvgIpc) is 2.84. The summed E-state index contributed by atoms with van der Waals surface area (Å²) in [5, 5.41) is 8.28. The molecule has 0 N–H and O–H groups in total. The summed E-state index contributed by atoms with van der Waals surface area (Å²) < 4.78 is 39.8. The van der Waals surface area contributed by atoms with Crippen LogP contribution >= 0.6 is 34.8 Å². The predicted molar refractivity (Wildman–Crippen MR) is 136 cm³/mol. The highest BCUT2D eigenvalue weighted by Crippen LogP contribution is 2.33. The molecule has 14 heteroatoms. The van der Waals surface area contributed by atoms with Crippen molar-refractivity contribution in [1.82, 2.24) is 0 Å². The Bertz CT molecular complexity index is 1120. The topological polar surface area (TPSA) is 115 Å². The van der Waals surface area contributed by atoms with Gasteiger partial charge >= 0.3 is 23.5 Å². The van der Waals surface area contributed by atoms with E-state index < -0.39 is 29.3 Å². The number of azo groups is 1. The van der Waals surface area contributed by atoms with E-state index in [0.29, 0.717) is 18.8 Å². The lowest BCUT2D eigenvalue weighted by Crippen LogP contribution is -2.26. The molecule has 0 spiro atoms. The van der Waals surface area contributed by atoms with E-state index in [4.69, 9.17) is 52.7 Å². The fourth-order valence-corrected chi connectivity index (χ4v) is 3.19. The average molecular weight is 583 g/mol. The van der Waals surface area contributed by atoms with Gasteiger partial charge in [0.25, 0.3) is 0 Å². The zero-order valence-electron chi connectivity index (χ0n) is 19.3. The van der Waals surface area contributed by atoms with Gasteiger partial charge in [0.2, 0.25) is 0 Å². The van der Waals surface area contributed by atoms with Gasteiger partial charge in [-0.1, -0.05) is 23.2 Å². The molecule has 0 atom stereocenters. The molecule has 0 bridgehead atoms. The second-order valence-corrected chi connectivity index (χ2v) is 8.08. The van der Waals surface area contributed by atoms with Gasteiger partial charge in [0.05, 0.1) is 22.2 Å². The van der Waals surface area contributed by atoms with Crippen molar-refractivity contribution >= 4 is 75.4 Å². The van der Waals surface area contributed by atoms with Gasteiger partial charge in [0.1, 0.15) is 30.6 Å². The van der Waals surface area contributed by atoms with Crippen molar-refractivity contribution in [1.29, 1.82) is 0 Å². The zero-order chi connectivity index (χ0) is 27.1. The molecule has 0 amide bonds. The number of nitrogens with zero attached hydrogens (tertiary/aromatic N) is 3. The van der Waals surface area contributed by atoms with E-state index in [2.05, 4.69) is 10.2 Å². The Balaban J connectivity index is 0.00000205. The summed E-state index contributed by atoms with van der Waals surface area (Å²) >= 11 is 16.3. The first-order valence-electron chi connectivity index (χ1n) is 10.4. The molecule has 0 aliphatic rings. The van der Waals surface area contributed by atoms with E-state index in [9.17, 15) is 14.0 Å². The van der Waals surface area contributed by atoms with Gasteiger partial charge < -0.3 is 14.4 Å². The van der Waals surface area contributed by atoms with Crippen molar-refractivity contribution < 1.29 is 31.9 Å². The number of anilines is 1. The van der Waals surface area contributed by atoms with Crippen LogP contribution in [0.2, 0.25) is 10.0 Å². The number of carbonyl (C=O) groups is 2. The van der Waals surface area contributed by atoms with Crippen LogP contribution in [0.3, 0.4) is 0 Å². The molecule has 0 saturated carbocycles. The lowest BCUT2D eigenvalue weighted by Gasteiger charge is -2.23. The van der Waals surface area contributed by atoms with Crippen molar-refractivity contribution in [3.63, 3.8) is 0 Å². The third-order valence-electron chi connectivity index (χ3n) is 4.49. The maximum absolute atomic E-state index is 13.4. The molecule has 2 aromatic carbocycles. The number of esters is 2. The summed E-state index contributed by atoms with van der Waals surface area (Å²) in [4.78, 5) is 24.9. The van der Waals surface area contributed by atoms with Gasteiger partial charge in [-0.05, 0) is 49.7 Å². The van der Waals surface area contributed by atoms with Gasteiger partial charge in [-0.2, -0.15) is 13.5 Å². The Labute approximate surface area is 226 Å². The summed E-state index contributed by atoms with van der Waals surface area (Å²) in [5.74, 6) is -1.83. The largest absolute Gasteiger partial charge is 0.462 e. The highest BCUT2D eigenvalue weighted by molar-refractivity contribution is 7.51. The first-order valence-corrected chi connectivity index (χ1v) is 12.3. The monoisotopic (exact) mass is 581 g/mol. The van der Waals surface area contributed by atoms with Crippen LogP contribution in [0.15, 0.2) is 40.6 Å². The Morgan fingerprint density at radius 2 is 1.61 bits per heavy atom. The van der Waals surface area contributed by atoms with Crippen LogP contribution < -0.4 is 4.90 Å². The minimum atomic E-state index is -0.750. The van der Waals surface area contributed by atoms with E-state index in [1.807, 2.05) is 30.9 Å². The number of benzene rings is 2. The number of hydrogen-bond donors (Lipinski definition) is 0. The quantitative estimate of drug-likeness (QED) is 0.109. The minimum Gasteiger partial charge on any atom is -0.462 e. The van der Waals surface area contributed by atoms with E-state index in [1.54, 1.807) is 6.07 Å². The Hall–Kier alpha value is -2.60. The summed E-state index contributed by atoms with van der Waals surface area (Å²) in [6, 6.07) is 7.98. The molecule has 0 unspecified atom stereocenters. The van der Waals surface area contributed by atoms with E-state index in [-0.39, 0.29) is 41.2 Å². The molecular formula is C22H23Cl3FN3O6S. The summed E-state index contributed by atoms with van der Waals surface area (Å²) in [5.41, 5.74) is 2.62. The number of alkyl halides is 1. The van der Waals surface area contributed by atoms with Crippen molar-refractivity contribution in [3.8, 4) is 0 Å². The van der Waals surface area contributed by atoms with Gasteiger partial charge in [-0.15, -0.1) is 16.7 Å². The SMILES string of the molecule is CCN(CCC(=O)OCCOC(=O)CCl)c1ccc(N=Nc2cc(Cl)c(F)cc2Cl)c(C)c1.O=S=O. The number of rotatable bonds is 11. The molecule has 0 radical (unpaired) electrons. The molecule has 2 rings (SSSR count). The van der Waals surface area contributed by atoms with E-state index in [0.717, 1.165) is 17.3 Å². The lowest BCUT2D eigenvalue weighted by atomic mass is 10.1. The fraction of sp³-hybridized carbons (Fsp3) is 0.364. The maximum Gasteiger partial charge on any atom is 0.335 e. The van der Waals surface area contributed by atoms with Crippen LogP contribution in [-0.2, 0) is 30.6 Å². The molecule has 0 aliphatic carbocycles. The number of halogens is 4. The van der Waals surface area contributed by atoms with Crippen molar-refractivity contribution in [2.45, 2.75) is 20.3 Å². The molecule has 0 aromatic heterocycles. The van der Waals surface area contributed by atoms with Crippen LogP contribution in [0.4, 0.5) is 21.5 Å². The molecule has 0 fully saturated rings. The zero-order valence-corrected chi connectivity index (χ0v) is 22.4. The highest BCUT2D eigenvalue weighted by atomic mass is 35.5. The fourth-order valence-electron chi connectivity index (χ4n) is 2.76. The molecule has 196 valence electrons. The smallest absolute Gasteiger partial charge is 0.335 e. The Kier molecular flexibility index (Phi) is 14.8. The summed E-state index contributed by atoms with van der Waals surface area (Å²) in [6.07, 6.45) is 0.168. The highest BCUT2D eigenvalue weighted by Gasteiger charge is 2.11. The number of hydrogen-bond acceptors (Lipinski definition) is 9. The summed E-state index contributed by atoms with van der Waals surface area (Å²) in [7, 11) is 0. The van der Waals surface area contributed by atoms with E-state index >= 15 is 0 Å². The number of aryl methyl sites for hydroxylation is 1. The number of ether oxygens (including phenoxy) is 2. The van der Waals surface area contributed by atoms with Crippen LogP contribution in [0.25, 0.3) is 0 Å². The van der Waals surface area contributed by atoms with Crippen LogP contribution in [-0.4, -0.2) is 52.5 Å². The minimum absolute atomic E-state index is 0.0182. The van der Waals surface area contributed by atoms with Crippen molar-refractivity contribution in [2.24, 2.45) is 10.2 Å². The van der Waals surface area contributed by atoms with Crippen LogP contribution in [0, 0.1) is 12.7 Å². The van der Waals surface area contributed by atoms with Gasteiger partial charge in [0.15, 0.2) is 0 Å². The third kappa shape index (κ3) is 11.0. The standard InChI is InChI=1S/C22H23Cl3FN3O4.O2S/c1-3-29(7-6-21(30)32-8-9-33-22(31)13-23)15-4-5-19(14(2)10-15)27-28-20-12-16(24)18(26)11-17(20)25;1-3-2/h4-5,10-12H,3,6-9,13H2,1-2H3;. The van der Waals surface area contributed by atoms with Crippen LogP contribution in [0.1, 0.15) is 18.9 Å². The van der Waals surface area contributed by atoms with Crippen LogP contribution in [0.5, 0.6) is 0 Å². The van der Waals surface area contributed by atoms with Gasteiger partial charge in [0, 0.05) is 18.8 Å². The second kappa shape index (κ2) is 17.0. The molecule has 36 heavy (non-hydrogen) atoms. The molecule has 0 saturated heterocycles. The van der Waals surface area contributed by atoms with Crippen molar-refractivity contribution in [2.75, 3.05) is 37.1 Å². The summed E-state index contributed by atoms with van der Waals surface area (Å²) in [6.45, 7) is 4.92. The van der Waals surface area contributed by atoms with Gasteiger partial charge in [-0.25, -0.2) is 4.39 Å². The first-order chi connectivity index (χ1) is 17.2. The Morgan fingerprint density at radius 1 is 1.00 bits per heavy atom. The molecule has 0 aliphatic heterocycles. The molecule has 0 heterocycles. The third-order valence-corrected chi connectivity index (χ3v) is 5.30. The Morgan fingerprint density at radius 3 is 2.19 bits per heavy atom. The maximum atomic E-state index is 13.4. The first kappa shape index (κ1) is 31.4. The second-order valence-electron chi connectivity index (χ2n) is 6.86. The van der Waals surface area contributed by atoms with Crippen molar-refractivity contribution in [3.05, 3.63) is 51.8 Å². The molecular weight excluding hydrogens is 560 g/mol. The van der Waals surface area contributed by atoms with E-state index in [1.165, 1.54) is 6.07 Å². The molecule has 9 nitrogen and oxygen atoms in total. The normalized spacial score (nSPS) is 10.4. The lowest BCUT2D eigenvalue weighted by molar-refractivity contribution is -0.150. The predicted octanol–water partition coefficient (Wildman–Crippen LogP) is 5.73. The molecule has 2 aromatic rings. The van der Waals surface area contributed by atoms with Gasteiger partial charge in [-0.3, -0.25) is 9.59 Å². The number of carbonyl (C=O) groups excluding carboxylic acids is 2.